The molecule has 0 fully saturated rings. The van der Waals surface area contributed by atoms with Gasteiger partial charge in [0.2, 0.25) is 0 Å². The highest BCUT2D eigenvalue weighted by molar-refractivity contribution is 5.82. The molecule has 8 heteroatoms. The van der Waals surface area contributed by atoms with Gasteiger partial charge < -0.3 is 24.8 Å². The molecule has 0 bridgehead atoms. The number of rotatable bonds is 11. The van der Waals surface area contributed by atoms with Crippen molar-refractivity contribution in [1.82, 2.24) is 10.2 Å². The van der Waals surface area contributed by atoms with Crippen LogP contribution in [0.25, 0.3) is 11.1 Å². The summed E-state index contributed by atoms with van der Waals surface area (Å²) in [5.41, 5.74) is 4.59. The van der Waals surface area contributed by atoms with Crippen LogP contribution in [0.1, 0.15) is 43.7 Å². The molecule has 2 aromatic rings. The van der Waals surface area contributed by atoms with Crippen LogP contribution in [0.2, 0.25) is 0 Å². The summed E-state index contributed by atoms with van der Waals surface area (Å²) in [6.45, 7) is 4.25. The van der Waals surface area contributed by atoms with Crippen LogP contribution in [0.15, 0.2) is 48.5 Å². The molecule has 3 rings (SSSR count). The normalized spacial score (nSPS) is 14.0. The zero-order valence-corrected chi connectivity index (χ0v) is 19.8. The number of hydrogen-bond donors (Lipinski definition) is 2. The van der Waals surface area contributed by atoms with Gasteiger partial charge in [-0.25, -0.2) is 4.79 Å². The summed E-state index contributed by atoms with van der Waals surface area (Å²) >= 11 is 0. The van der Waals surface area contributed by atoms with Crippen LogP contribution in [0, 0.1) is 0 Å². The van der Waals surface area contributed by atoms with Crippen molar-refractivity contribution in [3.8, 4) is 11.1 Å². The van der Waals surface area contributed by atoms with E-state index in [-0.39, 0.29) is 37.8 Å². The van der Waals surface area contributed by atoms with Crippen molar-refractivity contribution in [2.45, 2.75) is 44.8 Å². The average molecular weight is 469 g/mol. The second-order valence-corrected chi connectivity index (χ2v) is 8.34. The van der Waals surface area contributed by atoms with Gasteiger partial charge in [-0.2, -0.15) is 0 Å². The van der Waals surface area contributed by atoms with Crippen molar-refractivity contribution < 1.29 is 29.0 Å². The number of nitrogens with one attached hydrogen (secondary N) is 1. The molecule has 0 heterocycles. The number of fused-ring (bicyclic) bond motifs is 3. The highest BCUT2D eigenvalue weighted by Crippen LogP contribution is 2.44. The SMILES string of the molecule is CCN(C(=O)C(CCNC(=O)OCC1c2ccccc2-c2ccccc21)OC)C(C)CC(=O)O. The van der Waals surface area contributed by atoms with E-state index in [0.29, 0.717) is 6.54 Å². The average Bonchev–Trinajstić information content (AvgIpc) is 3.14. The number of carbonyl (C=O) groups is 3. The van der Waals surface area contributed by atoms with Crippen molar-refractivity contribution >= 4 is 18.0 Å². The second-order valence-electron chi connectivity index (χ2n) is 8.34. The first-order chi connectivity index (χ1) is 16.4. The molecule has 182 valence electrons. The maximum Gasteiger partial charge on any atom is 0.407 e. The fourth-order valence-corrected chi connectivity index (χ4v) is 4.53. The molecule has 2 atom stereocenters. The van der Waals surface area contributed by atoms with Crippen LogP contribution < -0.4 is 5.32 Å². The number of alkyl carbamates (subject to hydrolysis) is 1. The minimum Gasteiger partial charge on any atom is -0.481 e. The maximum atomic E-state index is 12.8. The maximum absolute atomic E-state index is 12.8. The predicted molar refractivity (Wildman–Crippen MR) is 128 cm³/mol. The number of ether oxygens (including phenoxy) is 2. The molecular formula is C26H32N2O6. The number of methoxy groups -OCH3 is 1. The lowest BCUT2D eigenvalue weighted by molar-refractivity contribution is -0.146. The molecular weight excluding hydrogens is 436 g/mol. The Bertz CT molecular complexity index is 978. The third kappa shape index (κ3) is 5.75. The second kappa shape index (κ2) is 11.7. The summed E-state index contributed by atoms with van der Waals surface area (Å²) in [5, 5.41) is 11.7. The zero-order chi connectivity index (χ0) is 24.7. The molecule has 0 aromatic heterocycles. The summed E-state index contributed by atoms with van der Waals surface area (Å²) in [5.74, 6) is -1.29. The van der Waals surface area contributed by atoms with Crippen molar-refractivity contribution in [3.63, 3.8) is 0 Å². The first-order valence-corrected chi connectivity index (χ1v) is 11.5. The molecule has 0 saturated carbocycles. The summed E-state index contributed by atoms with van der Waals surface area (Å²) in [7, 11) is 1.42. The largest absolute Gasteiger partial charge is 0.481 e. The molecule has 1 aliphatic rings. The first-order valence-electron chi connectivity index (χ1n) is 11.5. The highest BCUT2D eigenvalue weighted by atomic mass is 16.5. The molecule has 2 N–H and O–H groups in total. The van der Waals surface area contributed by atoms with Crippen LogP contribution in [0.3, 0.4) is 0 Å². The number of hydrogen-bond acceptors (Lipinski definition) is 5. The minimum atomic E-state index is -0.968. The monoisotopic (exact) mass is 468 g/mol. The summed E-state index contributed by atoms with van der Waals surface area (Å²) < 4.78 is 10.8. The molecule has 34 heavy (non-hydrogen) atoms. The van der Waals surface area contributed by atoms with E-state index in [4.69, 9.17) is 14.6 Å². The summed E-state index contributed by atoms with van der Waals surface area (Å²) in [6.07, 6.45) is -1.25. The zero-order valence-electron chi connectivity index (χ0n) is 19.8. The number of amides is 2. The Morgan fingerprint density at radius 3 is 2.18 bits per heavy atom. The van der Waals surface area contributed by atoms with Gasteiger partial charge in [-0.15, -0.1) is 0 Å². The standard InChI is InChI=1S/C26H32N2O6/c1-4-28(17(2)15-24(29)30)25(31)23(33-3)13-14-27-26(32)34-16-22-20-11-7-5-9-18(20)19-10-6-8-12-21(19)22/h5-12,17,22-23H,4,13-16H2,1-3H3,(H,27,32)(H,29,30). The molecule has 0 aliphatic heterocycles. The van der Waals surface area contributed by atoms with Crippen LogP contribution in [-0.2, 0) is 19.1 Å². The fraction of sp³-hybridized carbons (Fsp3) is 0.423. The van der Waals surface area contributed by atoms with Crippen LogP contribution >= 0.6 is 0 Å². The van der Waals surface area contributed by atoms with Crippen molar-refractivity contribution in [3.05, 3.63) is 59.7 Å². The summed E-state index contributed by atoms with van der Waals surface area (Å²) in [6, 6.07) is 15.8. The molecule has 0 saturated heterocycles. The van der Waals surface area contributed by atoms with Gasteiger partial charge in [0.1, 0.15) is 12.7 Å². The molecule has 2 aromatic carbocycles. The van der Waals surface area contributed by atoms with Gasteiger partial charge >= 0.3 is 12.1 Å². The van der Waals surface area contributed by atoms with Crippen LogP contribution in [-0.4, -0.2) is 66.9 Å². The predicted octanol–water partition coefficient (Wildman–Crippen LogP) is 3.64. The first kappa shape index (κ1) is 25.2. The number of likely N-dealkylation sites (N-methyl/N-ethyl adjacent to an activating group) is 1. The molecule has 1 aliphatic carbocycles. The lowest BCUT2D eigenvalue weighted by atomic mass is 9.98. The van der Waals surface area contributed by atoms with E-state index in [2.05, 4.69) is 29.6 Å². The van der Waals surface area contributed by atoms with Crippen molar-refractivity contribution in [2.75, 3.05) is 26.8 Å². The van der Waals surface area contributed by atoms with Gasteiger partial charge in [0.15, 0.2) is 0 Å². The van der Waals surface area contributed by atoms with E-state index in [0.717, 1.165) is 22.3 Å². The Labute approximate surface area is 199 Å². The quantitative estimate of drug-likeness (QED) is 0.522. The topological polar surface area (TPSA) is 105 Å². The van der Waals surface area contributed by atoms with Crippen LogP contribution in [0.4, 0.5) is 4.79 Å². The summed E-state index contributed by atoms with van der Waals surface area (Å²) in [4.78, 5) is 37.6. The van der Waals surface area contributed by atoms with Gasteiger partial charge in [0, 0.05) is 38.6 Å². The number of carboxylic acid groups (broad SMARTS) is 1. The van der Waals surface area contributed by atoms with E-state index in [1.807, 2.05) is 24.3 Å². The van der Waals surface area contributed by atoms with Crippen LogP contribution in [0.5, 0.6) is 0 Å². The van der Waals surface area contributed by atoms with E-state index < -0.39 is 24.2 Å². The fourth-order valence-electron chi connectivity index (χ4n) is 4.53. The van der Waals surface area contributed by atoms with Crippen molar-refractivity contribution in [1.29, 1.82) is 0 Å². The van der Waals surface area contributed by atoms with E-state index >= 15 is 0 Å². The number of carboxylic acids is 1. The molecule has 2 unspecified atom stereocenters. The Kier molecular flexibility index (Phi) is 8.65. The lowest BCUT2D eigenvalue weighted by Crippen LogP contribution is -2.46. The highest BCUT2D eigenvalue weighted by Gasteiger charge is 2.30. The van der Waals surface area contributed by atoms with Crippen molar-refractivity contribution in [2.24, 2.45) is 0 Å². The van der Waals surface area contributed by atoms with E-state index in [1.54, 1.807) is 13.8 Å². The van der Waals surface area contributed by atoms with Gasteiger partial charge in [-0.1, -0.05) is 48.5 Å². The number of benzene rings is 2. The third-order valence-corrected chi connectivity index (χ3v) is 6.21. The van der Waals surface area contributed by atoms with E-state index in [9.17, 15) is 14.4 Å². The van der Waals surface area contributed by atoms with Gasteiger partial charge in [-0.3, -0.25) is 9.59 Å². The lowest BCUT2D eigenvalue weighted by Gasteiger charge is -2.30. The molecule has 2 amide bonds. The van der Waals surface area contributed by atoms with E-state index in [1.165, 1.54) is 12.0 Å². The number of carbonyl (C=O) groups excluding carboxylic acids is 2. The Balaban J connectivity index is 1.51. The van der Waals surface area contributed by atoms with Gasteiger partial charge in [0.05, 0.1) is 6.42 Å². The Morgan fingerprint density at radius 2 is 1.65 bits per heavy atom. The Hall–Kier alpha value is -3.39. The third-order valence-electron chi connectivity index (χ3n) is 6.21. The Morgan fingerprint density at radius 1 is 1.06 bits per heavy atom. The number of aliphatic carboxylic acids is 1. The smallest absolute Gasteiger partial charge is 0.407 e. The van der Waals surface area contributed by atoms with Gasteiger partial charge in [0.25, 0.3) is 5.91 Å². The molecule has 0 spiro atoms. The minimum absolute atomic E-state index is 0.0275. The number of nitrogens with zero attached hydrogens (tertiary/aromatic N) is 1. The molecule has 8 nitrogen and oxygen atoms in total. The molecule has 0 radical (unpaired) electrons. The van der Waals surface area contributed by atoms with Gasteiger partial charge in [-0.05, 0) is 36.1 Å².